The van der Waals surface area contributed by atoms with Crippen molar-refractivity contribution in [1.82, 2.24) is 4.98 Å². The van der Waals surface area contributed by atoms with Gasteiger partial charge in [0, 0.05) is 19.3 Å². The van der Waals surface area contributed by atoms with Crippen LogP contribution in [-0.2, 0) is 0 Å². The third-order valence-electron chi connectivity index (χ3n) is 3.04. The quantitative estimate of drug-likeness (QED) is 0.856. The molecule has 2 N–H and O–H groups in total. The highest BCUT2D eigenvalue weighted by atomic mass is 35.5. The monoisotopic (exact) mass is 260 g/mol. The molecular formula is C11H14Cl2N2O. The summed E-state index contributed by atoms with van der Waals surface area (Å²) in [6, 6.07) is 1.67. The summed E-state index contributed by atoms with van der Waals surface area (Å²) in [5.74, 6) is 0.662. The number of aliphatic hydroxyl groups excluding tert-OH is 1. The van der Waals surface area contributed by atoms with Crippen molar-refractivity contribution in [3.05, 3.63) is 22.3 Å². The van der Waals surface area contributed by atoms with E-state index in [0.29, 0.717) is 15.9 Å². The Bertz CT molecular complexity index is 380. The lowest BCUT2D eigenvalue weighted by molar-refractivity contribution is 0.253. The van der Waals surface area contributed by atoms with Gasteiger partial charge in [0.1, 0.15) is 5.82 Å². The Morgan fingerprint density at radius 2 is 2.19 bits per heavy atom. The zero-order valence-electron chi connectivity index (χ0n) is 8.84. The van der Waals surface area contributed by atoms with Crippen molar-refractivity contribution in [2.24, 2.45) is 5.41 Å². The first-order chi connectivity index (χ1) is 7.65. The molecule has 1 aromatic rings. The topological polar surface area (TPSA) is 45.1 Å². The first-order valence-electron chi connectivity index (χ1n) is 5.31. The second-order valence-corrected chi connectivity index (χ2v) is 5.15. The molecule has 0 amide bonds. The molecule has 0 spiro atoms. The molecular weight excluding hydrogens is 247 g/mol. The molecule has 2 rings (SSSR count). The molecule has 5 heteroatoms. The number of pyridine rings is 1. The van der Waals surface area contributed by atoms with Gasteiger partial charge in [0.2, 0.25) is 0 Å². The SMILES string of the molecule is OCCC1(CNc2ncc(Cl)cc2Cl)CC1. The second kappa shape index (κ2) is 4.78. The van der Waals surface area contributed by atoms with E-state index < -0.39 is 0 Å². The van der Waals surface area contributed by atoms with E-state index in [1.165, 1.54) is 0 Å². The van der Waals surface area contributed by atoms with Gasteiger partial charge in [0.05, 0.1) is 10.0 Å². The van der Waals surface area contributed by atoms with Gasteiger partial charge >= 0.3 is 0 Å². The van der Waals surface area contributed by atoms with Crippen molar-refractivity contribution in [3.8, 4) is 0 Å². The first kappa shape index (κ1) is 12.0. The van der Waals surface area contributed by atoms with Crippen LogP contribution in [0.15, 0.2) is 12.3 Å². The van der Waals surface area contributed by atoms with Crippen LogP contribution in [0, 0.1) is 5.41 Å². The van der Waals surface area contributed by atoms with E-state index in [9.17, 15) is 0 Å². The lowest BCUT2D eigenvalue weighted by atomic mass is 10.0. The Morgan fingerprint density at radius 3 is 2.75 bits per heavy atom. The smallest absolute Gasteiger partial charge is 0.144 e. The molecule has 1 aromatic heterocycles. The fourth-order valence-corrected chi connectivity index (χ4v) is 2.19. The van der Waals surface area contributed by atoms with Gasteiger partial charge in [0.25, 0.3) is 0 Å². The van der Waals surface area contributed by atoms with Crippen LogP contribution < -0.4 is 5.32 Å². The van der Waals surface area contributed by atoms with Gasteiger partial charge < -0.3 is 10.4 Å². The van der Waals surface area contributed by atoms with Gasteiger partial charge in [-0.25, -0.2) is 4.98 Å². The molecule has 0 unspecified atom stereocenters. The molecule has 0 bridgehead atoms. The fourth-order valence-electron chi connectivity index (χ4n) is 1.74. The Labute approximate surface area is 105 Å². The number of hydrogen-bond donors (Lipinski definition) is 2. The van der Waals surface area contributed by atoms with Crippen LogP contribution in [0.3, 0.4) is 0 Å². The zero-order chi connectivity index (χ0) is 11.6. The molecule has 0 saturated heterocycles. The number of halogens is 2. The molecule has 0 aromatic carbocycles. The predicted octanol–water partition coefficient (Wildman–Crippen LogP) is 2.96. The van der Waals surface area contributed by atoms with Gasteiger partial charge in [-0.3, -0.25) is 0 Å². The number of rotatable bonds is 5. The molecule has 0 radical (unpaired) electrons. The number of anilines is 1. The van der Waals surface area contributed by atoms with E-state index in [1.54, 1.807) is 12.3 Å². The molecule has 0 aliphatic heterocycles. The Hall–Kier alpha value is -0.510. The van der Waals surface area contributed by atoms with Crippen molar-refractivity contribution in [3.63, 3.8) is 0 Å². The predicted molar refractivity (Wildman–Crippen MR) is 66.1 cm³/mol. The Kier molecular flexibility index (Phi) is 3.57. The summed E-state index contributed by atoms with van der Waals surface area (Å²) < 4.78 is 0. The van der Waals surface area contributed by atoms with Crippen LogP contribution in [-0.4, -0.2) is 23.2 Å². The minimum atomic E-state index is 0.240. The molecule has 1 aliphatic carbocycles. The number of nitrogens with zero attached hydrogens (tertiary/aromatic N) is 1. The minimum absolute atomic E-state index is 0.240. The molecule has 1 aliphatic rings. The average Bonchev–Trinajstić information content (AvgIpc) is 2.98. The van der Waals surface area contributed by atoms with Crippen molar-refractivity contribution in [2.45, 2.75) is 19.3 Å². The maximum atomic E-state index is 8.94. The van der Waals surface area contributed by atoms with Gasteiger partial charge in [0.15, 0.2) is 0 Å². The van der Waals surface area contributed by atoms with Crippen LogP contribution in [0.1, 0.15) is 19.3 Å². The van der Waals surface area contributed by atoms with E-state index in [4.69, 9.17) is 28.3 Å². The van der Waals surface area contributed by atoms with Gasteiger partial charge in [-0.15, -0.1) is 0 Å². The molecule has 0 atom stereocenters. The average molecular weight is 261 g/mol. The summed E-state index contributed by atoms with van der Waals surface area (Å²) in [7, 11) is 0. The zero-order valence-corrected chi connectivity index (χ0v) is 10.4. The maximum absolute atomic E-state index is 8.94. The number of nitrogens with one attached hydrogen (secondary N) is 1. The van der Waals surface area contributed by atoms with Crippen molar-refractivity contribution in [1.29, 1.82) is 0 Å². The maximum Gasteiger partial charge on any atom is 0.144 e. The largest absolute Gasteiger partial charge is 0.396 e. The highest BCUT2D eigenvalue weighted by Crippen LogP contribution is 2.48. The summed E-state index contributed by atoms with van der Waals surface area (Å²) in [5.41, 5.74) is 0.249. The van der Waals surface area contributed by atoms with Crippen molar-refractivity contribution < 1.29 is 5.11 Å². The summed E-state index contributed by atoms with van der Waals surface area (Å²) in [6.07, 6.45) is 4.73. The lowest BCUT2D eigenvalue weighted by Crippen LogP contribution is -2.17. The van der Waals surface area contributed by atoms with Gasteiger partial charge in [-0.2, -0.15) is 0 Å². The third-order valence-corrected chi connectivity index (χ3v) is 3.53. The third kappa shape index (κ3) is 2.78. The first-order valence-corrected chi connectivity index (χ1v) is 6.07. The number of aliphatic hydroxyl groups is 1. The second-order valence-electron chi connectivity index (χ2n) is 4.31. The lowest BCUT2D eigenvalue weighted by Gasteiger charge is -2.15. The highest BCUT2D eigenvalue weighted by molar-refractivity contribution is 6.35. The molecule has 1 heterocycles. The van der Waals surface area contributed by atoms with Crippen LogP contribution in [0.5, 0.6) is 0 Å². The van der Waals surface area contributed by atoms with E-state index in [2.05, 4.69) is 10.3 Å². The summed E-state index contributed by atoms with van der Waals surface area (Å²) in [4.78, 5) is 4.13. The summed E-state index contributed by atoms with van der Waals surface area (Å²) in [5, 5.41) is 13.2. The van der Waals surface area contributed by atoms with Crippen LogP contribution >= 0.6 is 23.2 Å². The summed E-state index contributed by atoms with van der Waals surface area (Å²) >= 11 is 11.8. The van der Waals surface area contributed by atoms with E-state index in [0.717, 1.165) is 25.8 Å². The highest BCUT2D eigenvalue weighted by Gasteiger charge is 2.41. The van der Waals surface area contributed by atoms with Gasteiger partial charge in [-0.05, 0) is 30.7 Å². The Morgan fingerprint density at radius 1 is 1.44 bits per heavy atom. The van der Waals surface area contributed by atoms with Crippen molar-refractivity contribution in [2.75, 3.05) is 18.5 Å². The van der Waals surface area contributed by atoms with E-state index in [1.807, 2.05) is 0 Å². The van der Waals surface area contributed by atoms with Crippen molar-refractivity contribution >= 4 is 29.0 Å². The van der Waals surface area contributed by atoms with Gasteiger partial charge in [-0.1, -0.05) is 23.2 Å². The normalized spacial score (nSPS) is 17.2. The molecule has 88 valence electrons. The summed E-state index contributed by atoms with van der Waals surface area (Å²) in [6.45, 7) is 1.05. The van der Waals surface area contributed by atoms with E-state index in [-0.39, 0.29) is 12.0 Å². The van der Waals surface area contributed by atoms with Crippen LogP contribution in [0.2, 0.25) is 10.0 Å². The standard InChI is InChI=1S/C11H14Cl2N2O/c12-8-5-9(13)10(14-6-8)15-7-11(1-2-11)3-4-16/h5-6,16H,1-4,7H2,(H,14,15). The minimum Gasteiger partial charge on any atom is -0.396 e. The number of hydrogen-bond acceptors (Lipinski definition) is 3. The number of aromatic nitrogens is 1. The molecule has 16 heavy (non-hydrogen) atoms. The molecule has 1 saturated carbocycles. The molecule has 3 nitrogen and oxygen atoms in total. The Balaban J connectivity index is 1.94. The fraction of sp³-hybridized carbons (Fsp3) is 0.545. The van der Waals surface area contributed by atoms with Crippen LogP contribution in [0.25, 0.3) is 0 Å². The van der Waals surface area contributed by atoms with Crippen LogP contribution in [0.4, 0.5) is 5.82 Å². The molecule has 1 fully saturated rings. The van der Waals surface area contributed by atoms with E-state index >= 15 is 0 Å².